The van der Waals surface area contributed by atoms with Gasteiger partial charge in [0.05, 0.1) is 17.9 Å². The number of rotatable bonds is 5. The van der Waals surface area contributed by atoms with Gasteiger partial charge in [-0.25, -0.2) is 0 Å². The fraction of sp³-hybridized carbons (Fsp3) is 0.263. The zero-order valence-electron chi connectivity index (χ0n) is 13.6. The SMILES string of the molecule is CN(Cc1cc(-c2ccccc2)n[nH]1)C(=O)c1cccn1C1CC1. The van der Waals surface area contributed by atoms with Crippen LogP contribution in [-0.2, 0) is 6.54 Å². The molecule has 1 fully saturated rings. The second-order valence-corrected chi connectivity index (χ2v) is 6.34. The summed E-state index contributed by atoms with van der Waals surface area (Å²) in [4.78, 5) is 14.4. The van der Waals surface area contributed by atoms with Gasteiger partial charge < -0.3 is 9.47 Å². The number of H-pyrrole nitrogens is 1. The second-order valence-electron chi connectivity index (χ2n) is 6.34. The Bertz CT molecular complexity index is 845. The molecule has 0 atom stereocenters. The van der Waals surface area contributed by atoms with E-state index in [9.17, 15) is 4.79 Å². The van der Waals surface area contributed by atoms with Gasteiger partial charge in [-0.15, -0.1) is 0 Å². The van der Waals surface area contributed by atoms with Gasteiger partial charge in [0.1, 0.15) is 5.69 Å². The summed E-state index contributed by atoms with van der Waals surface area (Å²) in [7, 11) is 1.83. The van der Waals surface area contributed by atoms with E-state index in [2.05, 4.69) is 14.8 Å². The largest absolute Gasteiger partial charge is 0.340 e. The van der Waals surface area contributed by atoms with E-state index in [0.717, 1.165) is 22.6 Å². The van der Waals surface area contributed by atoms with Crippen LogP contribution < -0.4 is 0 Å². The Morgan fingerprint density at radius 3 is 2.79 bits per heavy atom. The molecule has 1 aromatic carbocycles. The number of carbonyl (C=O) groups is 1. The fourth-order valence-corrected chi connectivity index (χ4v) is 2.97. The maximum Gasteiger partial charge on any atom is 0.270 e. The Morgan fingerprint density at radius 1 is 1.25 bits per heavy atom. The normalized spacial score (nSPS) is 13.9. The molecule has 24 heavy (non-hydrogen) atoms. The molecule has 122 valence electrons. The third-order valence-electron chi connectivity index (χ3n) is 4.39. The number of carbonyl (C=O) groups excluding carboxylic acids is 1. The number of benzene rings is 1. The lowest BCUT2D eigenvalue weighted by molar-refractivity contribution is 0.0772. The van der Waals surface area contributed by atoms with Crippen LogP contribution in [0.15, 0.2) is 54.7 Å². The van der Waals surface area contributed by atoms with Crippen molar-refractivity contribution in [2.75, 3.05) is 7.05 Å². The highest BCUT2D eigenvalue weighted by Gasteiger charge is 2.27. The second kappa shape index (κ2) is 6.00. The van der Waals surface area contributed by atoms with E-state index < -0.39 is 0 Å². The van der Waals surface area contributed by atoms with Gasteiger partial charge in [-0.05, 0) is 31.0 Å². The summed E-state index contributed by atoms with van der Waals surface area (Å²) in [6, 6.07) is 16.4. The summed E-state index contributed by atoms with van der Waals surface area (Å²) in [5.74, 6) is 0.0442. The Labute approximate surface area is 140 Å². The number of aromatic nitrogens is 3. The van der Waals surface area contributed by atoms with Crippen molar-refractivity contribution >= 4 is 5.91 Å². The van der Waals surface area contributed by atoms with Crippen molar-refractivity contribution in [3.05, 3.63) is 66.1 Å². The lowest BCUT2D eigenvalue weighted by Gasteiger charge is -2.17. The molecule has 5 heteroatoms. The van der Waals surface area contributed by atoms with Gasteiger partial charge in [-0.3, -0.25) is 9.89 Å². The van der Waals surface area contributed by atoms with Crippen molar-refractivity contribution in [2.24, 2.45) is 0 Å². The van der Waals surface area contributed by atoms with Crippen molar-refractivity contribution in [1.82, 2.24) is 19.7 Å². The molecule has 3 aromatic rings. The van der Waals surface area contributed by atoms with Crippen LogP contribution in [0.25, 0.3) is 11.3 Å². The lowest BCUT2D eigenvalue weighted by atomic mass is 10.1. The zero-order chi connectivity index (χ0) is 16.5. The van der Waals surface area contributed by atoms with Crippen LogP contribution >= 0.6 is 0 Å². The third kappa shape index (κ3) is 2.85. The average molecular weight is 320 g/mol. The molecule has 0 bridgehead atoms. The van der Waals surface area contributed by atoms with Crippen LogP contribution in [0.1, 0.15) is 35.1 Å². The van der Waals surface area contributed by atoms with Crippen molar-refractivity contribution in [3.63, 3.8) is 0 Å². The van der Waals surface area contributed by atoms with E-state index in [-0.39, 0.29) is 5.91 Å². The molecule has 1 aliphatic rings. The van der Waals surface area contributed by atoms with Crippen LogP contribution in [0, 0.1) is 0 Å². The van der Waals surface area contributed by atoms with E-state index in [1.807, 2.05) is 61.8 Å². The molecular weight excluding hydrogens is 300 g/mol. The van der Waals surface area contributed by atoms with Gasteiger partial charge in [0.25, 0.3) is 5.91 Å². The van der Waals surface area contributed by atoms with E-state index >= 15 is 0 Å². The maximum absolute atomic E-state index is 12.7. The molecule has 0 saturated heterocycles. The van der Waals surface area contributed by atoms with Crippen molar-refractivity contribution in [3.8, 4) is 11.3 Å². The minimum atomic E-state index is 0.0442. The number of nitrogens with one attached hydrogen (secondary N) is 1. The maximum atomic E-state index is 12.7. The van der Waals surface area contributed by atoms with Gasteiger partial charge in [0.2, 0.25) is 0 Å². The Hall–Kier alpha value is -2.82. The average Bonchev–Trinajstić information content (AvgIpc) is 3.15. The highest BCUT2D eigenvalue weighted by atomic mass is 16.2. The fourth-order valence-electron chi connectivity index (χ4n) is 2.97. The Morgan fingerprint density at radius 2 is 2.04 bits per heavy atom. The number of aromatic amines is 1. The molecule has 5 nitrogen and oxygen atoms in total. The summed E-state index contributed by atoms with van der Waals surface area (Å²) in [6.07, 6.45) is 4.34. The molecule has 0 aliphatic heterocycles. The van der Waals surface area contributed by atoms with Gasteiger partial charge >= 0.3 is 0 Å². The Kier molecular flexibility index (Phi) is 3.69. The van der Waals surface area contributed by atoms with Crippen LogP contribution in [0.4, 0.5) is 0 Å². The molecule has 4 rings (SSSR count). The molecule has 0 radical (unpaired) electrons. The van der Waals surface area contributed by atoms with Crippen molar-refractivity contribution in [2.45, 2.75) is 25.4 Å². The summed E-state index contributed by atoms with van der Waals surface area (Å²) < 4.78 is 2.10. The highest BCUT2D eigenvalue weighted by Crippen LogP contribution is 2.36. The number of nitrogens with zero attached hydrogens (tertiary/aromatic N) is 3. The molecular formula is C19H20N4O. The summed E-state index contributed by atoms with van der Waals surface area (Å²) in [6.45, 7) is 0.508. The number of amides is 1. The van der Waals surface area contributed by atoms with Gasteiger partial charge in [0.15, 0.2) is 0 Å². The predicted molar refractivity (Wildman–Crippen MR) is 92.5 cm³/mol. The molecule has 1 saturated carbocycles. The first-order chi connectivity index (χ1) is 11.7. The van der Waals surface area contributed by atoms with Gasteiger partial charge in [-0.1, -0.05) is 30.3 Å². The molecule has 2 heterocycles. The minimum Gasteiger partial charge on any atom is -0.340 e. The highest BCUT2D eigenvalue weighted by molar-refractivity contribution is 5.92. The number of hydrogen-bond donors (Lipinski definition) is 1. The third-order valence-corrected chi connectivity index (χ3v) is 4.39. The van der Waals surface area contributed by atoms with Crippen molar-refractivity contribution < 1.29 is 4.79 Å². The summed E-state index contributed by atoms with van der Waals surface area (Å²) in [5.41, 5.74) is 3.65. The standard InChI is InChI=1S/C19H20N4O/c1-22(19(24)18-8-5-11-23(18)16-9-10-16)13-15-12-17(21-20-15)14-6-3-2-4-7-14/h2-8,11-12,16H,9-10,13H2,1H3,(H,20,21). The summed E-state index contributed by atoms with van der Waals surface area (Å²) in [5, 5.41) is 7.38. The van der Waals surface area contributed by atoms with Crippen LogP contribution in [0.2, 0.25) is 0 Å². The smallest absolute Gasteiger partial charge is 0.270 e. The zero-order valence-corrected chi connectivity index (χ0v) is 13.6. The molecule has 1 aliphatic carbocycles. The molecule has 0 spiro atoms. The minimum absolute atomic E-state index is 0.0442. The van der Waals surface area contributed by atoms with E-state index in [1.54, 1.807) is 4.90 Å². The molecule has 1 amide bonds. The lowest BCUT2D eigenvalue weighted by Crippen LogP contribution is -2.28. The first kappa shape index (κ1) is 14.8. The topological polar surface area (TPSA) is 53.9 Å². The Balaban J connectivity index is 1.48. The molecule has 1 N–H and O–H groups in total. The molecule has 2 aromatic heterocycles. The number of hydrogen-bond acceptors (Lipinski definition) is 2. The quantitative estimate of drug-likeness (QED) is 0.782. The van der Waals surface area contributed by atoms with Crippen LogP contribution in [-0.4, -0.2) is 32.6 Å². The first-order valence-electron chi connectivity index (χ1n) is 8.24. The monoisotopic (exact) mass is 320 g/mol. The van der Waals surface area contributed by atoms with Gasteiger partial charge in [0, 0.05) is 24.8 Å². The van der Waals surface area contributed by atoms with E-state index in [4.69, 9.17) is 0 Å². The van der Waals surface area contributed by atoms with Crippen LogP contribution in [0.5, 0.6) is 0 Å². The van der Waals surface area contributed by atoms with E-state index in [1.165, 1.54) is 12.8 Å². The van der Waals surface area contributed by atoms with E-state index in [0.29, 0.717) is 12.6 Å². The summed E-state index contributed by atoms with van der Waals surface area (Å²) >= 11 is 0. The van der Waals surface area contributed by atoms with Crippen molar-refractivity contribution in [1.29, 1.82) is 0 Å². The van der Waals surface area contributed by atoms with Crippen LogP contribution in [0.3, 0.4) is 0 Å². The predicted octanol–water partition coefficient (Wildman–Crippen LogP) is 3.49. The molecule has 0 unspecified atom stereocenters. The van der Waals surface area contributed by atoms with Gasteiger partial charge in [-0.2, -0.15) is 5.10 Å². The first-order valence-corrected chi connectivity index (χ1v) is 8.24.